The summed E-state index contributed by atoms with van der Waals surface area (Å²) >= 11 is 1.39. The number of amides is 1. The molecule has 10 heteroatoms. The van der Waals surface area contributed by atoms with Crippen molar-refractivity contribution < 1.29 is 27.9 Å². The molecule has 1 aliphatic heterocycles. The van der Waals surface area contributed by atoms with Crippen LogP contribution in [0.3, 0.4) is 0 Å². The van der Waals surface area contributed by atoms with Gasteiger partial charge in [0.15, 0.2) is 22.0 Å². The number of rotatable bonds is 14. The highest BCUT2D eigenvalue weighted by molar-refractivity contribution is 7.98. The third-order valence-corrected chi connectivity index (χ3v) is 11.3. The topological polar surface area (TPSA) is 113 Å². The van der Waals surface area contributed by atoms with Crippen molar-refractivity contribution in [2.45, 2.75) is 74.6 Å². The van der Waals surface area contributed by atoms with E-state index in [1.807, 2.05) is 42.7 Å². The molecule has 0 aromatic heterocycles. The molecule has 45 heavy (non-hydrogen) atoms. The molecule has 8 nitrogen and oxygen atoms in total. The van der Waals surface area contributed by atoms with Gasteiger partial charge < -0.3 is 20.1 Å². The van der Waals surface area contributed by atoms with Gasteiger partial charge in [0.2, 0.25) is 0 Å². The predicted molar refractivity (Wildman–Crippen MR) is 180 cm³/mol. The zero-order valence-corrected chi connectivity index (χ0v) is 28.2. The standard InChI is InChI=1S/C35H44N2O6S2/c1-5-7-19-35(20-8-6-2)24-37(27-17-13-10-14-18-27)28-21-30(44-4)29(22-31(28)45(41,42)25-35)43-23-32(38)36-34(3,33(39)40)26-15-11-9-12-16-26/h9-18,21-22H,5-8,19-20,23-25H2,1-4H3,(H,36,38)(H,39,40)/t34-/m1/s1. The number of carbonyl (C=O) groups is 2. The van der Waals surface area contributed by atoms with Crippen LogP contribution in [0.2, 0.25) is 0 Å². The van der Waals surface area contributed by atoms with E-state index in [-0.39, 0.29) is 16.4 Å². The van der Waals surface area contributed by atoms with Crippen LogP contribution in [0.15, 0.2) is 82.6 Å². The van der Waals surface area contributed by atoms with E-state index >= 15 is 0 Å². The average molecular weight is 653 g/mol. The predicted octanol–water partition coefficient (Wildman–Crippen LogP) is 7.20. The van der Waals surface area contributed by atoms with Crippen molar-refractivity contribution in [1.29, 1.82) is 0 Å². The number of carboxylic acids is 1. The van der Waals surface area contributed by atoms with Crippen LogP contribution < -0.4 is 15.0 Å². The first-order valence-corrected chi connectivity index (χ1v) is 18.4. The van der Waals surface area contributed by atoms with Gasteiger partial charge in [0, 0.05) is 23.7 Å². The highest BCUT2D eigenvalue weighted by Gasteiger charge is 2.43. The molecular formula is C35H44N2O6S2. The SMILES string of the molecule is CCCCC1(CCCC)CN(c2ccccc2)c2cc(SC)c(OCC(=O)N[C@@](C)(C(=O)O)c3ccccc3)cc2S(=O)(=O)C1. The normalized spacial score (nSPS) is 16.6. The first-order valence-electron chi connectivity index (χ1n) is 15.5. The molecule has 242 valence electrons. The van der Waals surface area contributed by atoms with Crippen molar-refractivity contribution in [1.82, 2.24) is 5.32 Å². The minimum absolute atomic E-state index is 0.0307. The molecule has 3 aromatic carbocycles. The largest absolute Gasteiger partial charge is 0.483 e. The molecule has 1 aliphatic rings. The second-order valence-corrected chi connectivity index (χ2v) is 14.8. The number of anilines is 2. The van der Waals surface area contributed by atoms with E-state index in [0.717, 1.165) is 44.2 Å². The molecule has 3 aromatic rings. The molecular weight excluding hydrogens is 609 g/mol. The zero-order chi connectivity index (χ0) is 32.7. The van der Waals surface area contributed by atoms with E-state index in [2.05, 4.69) is 24.1 Å². The van der Waals surface area contributed by atoms with E-state index in [1.165, 1.54) is 18.7 Å². The van der Waals surface area contributed by atoms with E-state index in [9.17, 15) is 23.1 Å². The third-order valence-electron chi connectivity index (χ3n) is 8.58. The number of nitrogens with zero attached hydrogens (tertiary/aromatic N) is 1. The minimum atomic E-state index is -3.76. The van der Waals surface area contributed by atoms with Crippen molar-refractivity contribution in [2.75, 3.05) is 30.1 Å². The number of fused-ring (bicyclic) bond motifs is 1. The lowest BCUT2D eigenvalue weighted by molar-refractivity contribution is -0.147. The summed E-state index contributed by atoms with van der Waals surface area (Å²) in [4.78, 5) is 28.3. The monoisotopic (exact) mass is 652 g/mol. The quantitative estimate of drug-likeness (QED) is 0.176. The number of unbranched alkanes of at least 4 members (excludes halogenated alkanes) is 2. The Balaban J connectivity index is 1.73. The van der Waals surface area contributed by atoms with Crippen LogP contribution in [-0.2, 0) is 25.0 Å². The summed E-state index contributed by atoms with van der Waals surface area (Å²) in [5, 5.41) is 12.5. The Morgan fingerprint density at radius 1 is 1.00 bits per heavy atom. The van der Waals surface area contributed by atoms with Crippen molar-refractivity contribution in [3.8, 4) is 5.75 Å². The zero-order valence-electron chi connectivity index (χ0n) is 26.5. The lowest BCUT2D eigenvalue weighted by Crippen LogP contribution is -2.50. The van der Waals surface area contributed by atoms with Crippen LogP contribution >= 0.6 is 11.8 Å². The number of thioether (sulfide) groups is 1. The number of benzene rings is 3. The van der Waals surface area contributed by atoms with E-state index in [1.54, 1.807) is 36.4 Å². The van der Waals surface area contributed by atoms with Gasteiger partial charge in [-0.2, -0.15) is 0 Å². The van der Waals surface area contributed by atoms with Crippen LogP contribution in [0.5, 0.6) is 5.75 Å². The van der Waals surface area contributed by atoms with E-state index < -0.39 is 39.3 Å². The number of carbonyl (C=O) groups excluding carboxylic acids is 1. The molecule has 0 saturated heterocycles. The maximum Gasteiger partial charge on any atom is 0.333 e. The van der Waals surface area contributed by atoms with Crippen molar-refractivity contribution in [2.24, 2.45) is 5.41 Å². The van der Waals surface area contributed by atoms with Gasteiger partial charge in [-0.15, -0.1) is 11.8 Å². The summed E-state index contributed by atoms with van der Waals surface area (Å²) < 4.78 is 34.5. The Kier molecular flexibility index (Phi) is 11.3. The molecule has 0 bridgehead atoms. The van der Waals surface area contributed by atoms with Crippen LogP contribution in [0, 0.1) is 5.41 Å². The summed E-state index contributed by atoms with van der Waals surface area (Å²) in [7, 11) is -3.76. The maximum atomic E-state index is 14.3. The Bertz CT molecular complexity index is 1570. The molecule has 4 rings (SSSR count). The van der Waals surface area contributed by atoms with Gasteiger partial charge in [0.25, 0.3) is 5.91 Å². The maximum absolute atomic E-state index is 14.3. The number of para-hydroxylation sites is 1. The third kappa shape index (κ3) is 7.84. The van der Waals surface area contributed by atoms with Gasteiger partial charge in [-0.1, -0.05) is 88.1 Å². The van der Waals surface area contributed by atoms with Crippen LogP contribution in [0.1, 0.15) is 64.9 Å². The number of hydrogen-bond acceptors (Lipinski definition) is 7. The first kappa shape index (κ1) is 34.4. The second kappa shape index (κ2) is 14.7. The van der Waals surface area contributed by atoms with Gasteiger partial charge in [-0.25, -0.2) is 13.2 Å². The molecule has 0 unspecified atom stereocenters. The number of ether oxygens (including phenoxy) is 1. The molecule has 1 atom stereocenters. The number of aliphatic carboxylic acids is 1. The Labute approximate surface area is 271 Å². The van der Waals surface area contributed by atoms with Crippen LogP contribution in [0.25, 0.3) is 0 Å². The number of hydrogen-bond donors (Lipinski definition) is 2. The van der Waals surface area contributed by atoms with Gasteiger partial charge >= 0.3 is 5.97 Å². The molecule has 0 saturated carbocycles. The Hall–Kier alpha value is -3.50. The minimum Gasteiger partial charge on any atom is -0.483 e. The molecule has 1 amide bonds. The van der Waals surface area contributed by atoms with Crippen molar-refractivity contribution >= 4 is 44.9 Å². The van der Waals surface area contributed by atoms with Gasteiger partial charge in [0.1, 0.15) is 5.75 Å². The Morgan fingerprint density at radius 3 is 2.16 bits per heavy atom. The lowest BCUT2D eigenvalue weighted by Gasteiger charge is -2.37. The smallest absolute Gasteiger partial charge is 0.333 e. The van der Waals surface area contributed by atoms with Crippen molar-refractivity contribution in [3.05, 3.63) is 78.4 Å². The average Bonchev–Trinajstić information content (AvgIpc) is 3.13. The molecule has 0 radical (unpaired) electrons. The van der Waals surface area contributed by atoms with Gasteiger partial charge in [-0.05, 0) is 49.8 Å². The van der Waals surface area contributed by atoms with Gasteiger partial charge in [-0.3, -0.25) is 4.79 Å². The van der Waals surface area contributed by atoms with E-state index in [4.69, 9.17) is 4.74 Å². The fraction of sp³-hybridized carbons (Fsp3) is 0.429. The molecule has 0 fully saturated rings. The number of sulfone groups is 1. The van der Waals surface area contributed by atoms with Gasteiger partial charge in [0.05, 0.1) is 21.2 Å². The highest BCUT2D eigenvalue weighted by Crippen LogP contribution is 2.47. The fourth-order valence-electron chi connectivity index (χ4n) is 6.06. The van der Waals surface area contributed by atoms with Crippen LogP contribution in [-0.4, -0.2) is 50.6 Å². The highest BCUT2D eigenvalue weighted by atomic mass is 32.2. The first-order chi connectivity index (χ1) is 21.5. The summed E-state index contributed by atoms with van der Waals surface area (Å²) in [5.41, 5.74) is -0.166. The summed E-state index contributed by atoms with van der Waals surface area (Å²) in [5.74, 6) is -1.56. The molecule has 2 N–H and O–H groups in total. The molecule has 1 heterocycles. The second-order valence-electron chi connectivity index (χ2n) is 12.0. The number of carboxylic acid groups (broad SMARTS) is 1. The fourth-order valence-corrected chi connectivity index (χ4v) is 8.72. The number of nitrogens with one attached hydrogen (secondary N) is 1. The van der Waals surface area contributed by atoms with E-state index in [0.29, 0.717) is 22.7 Å². The summed E-state index contributed by atoms with van der Waals surface area (Å²) in [6.45, 7) is 5.78. The molecule has 0 aliphatic carbocycles. The van der Waals surface area contributed by atoms with Crippen molar-refractivity contribution in [3.63, 3.8) is 0 Å². The lowest BCUT2D eigenvalue weighted by atomic mass is 9.79. The molecule has 0 spiro atoms. The summed E-state index contributed by atoms with van der Waals surface area (Å²) in [6, 6.07) is 21.7. The Morgan fingerprint density at radius 2 is 1.60 bits per heavy atom. The summed E-state index contributed by atoms with van der Waals surface area (Å²) in [6.07, 6.45) is 7.33. The van der Waals surface area contributed by atoms with Crippen LogP contribution in [0.4, 0.5) is 11.4 Å².